The summed E-state index contributed by atoms with van der Waals surface area (Å²) >= 11 is 1.63. The van der Waals surface area contributed by atoms with Gasteiger partial charge < -0.3 is 10.0 Å². The quantitative estimate of drug-likeness (QED) is 0.446. The third-order valence-electron chi connectivity index (χ3n) is 1.91. The molecular weight excluding hydrogens is 183 g/mol. The van der Waals surface area contributed by atoms with Crippen molar-refractivity contribution in [1.82, 2.24) is 0 Å². The van der Waals surface area contributed by atoms with E-state index in [-0.39, 0.29) is 0 Å². The number of unbranched alkanes of at least 4 members (excludes halogenated alkanes) is 5. The molecule has 0 aromatic heterocycles. The summed E-state index contributed by atoms with van der Waals surface area (Å²) in [5, 5.41) is 17.1. The Hall–Kier alpha value is 0.335. The van der Waals surface area contributed by atoms with E-state index >= 15 is 0 Å². The minimum absolute atomic E-state index is 0.453. The summed E-state index contributed by atoms with van der Waals surface area (Å²) in [5.41, 5.74) is 0.453. The average Bonchev–Trinajstić information content (AvgIpc) is 2.09. The molecule has 0 heterocycles. The summed E-state index contributed by atoms with van der Waals surface area (Å²) in [7, 11) is -1.13. The monoisotopic (exact) mass is 204 g/mol. The standard InChI is InChI=1S/C9H21BO2S/c1-2-3-4-5-6-7-8-13-9-10(11)12/h11-12H,2-9H2,1H3. The van der Waals surface area contributed by atoms with Crippen LogP contribution in [0, 0.1) is 0 Å². The topological polar surface area (TPSA) is 40.5 Å². The maximum Gasteiger partial charge on any atom is 0.461 e. The first kappa shape index (κ1) is 13.3. The highest BCUT2D eigenvalue weighted by atomic mass is 32.2. The van der Waals surface area contributed by atoms with Crippen LogP contribution < -0.4 is 0 Å². The van der Waals surface area contributed by atoms with Crippen molar-refractivity contribution < 1.29 is 10.0 Å². The van der Waals surface area contributed by atoms with Crippen LogP contribution >= 0.6 is 11.8 Å². The maximum atomic E-state index is 8.56. The van der Waals surface area contributed by atoms with Gasteiger partial charge in [-0.2, -0.15) is 11.8 Å². The lowest BCUT2D eigenvalue weighted by Crippen LogP contribution is -2.14. The first-order valence-electron chi connectivity index (χ1n) is 5.21. The highest BCUT2D eigenvalue weighted by molar-refractivity contribution is 8.00. The van der Waals surface area contributed by atoms with Crippen LogP contribution in [0.3, 0.4) is 0 Å². The molecule has 4 heteroatoms. The highest BCUT2D eigenvalue weighted by Gasteiger charge is 2.04. The van der Waals surface area contributed by atoms with Gasteiger partial charge in [0.25, 0.3) is 0 Å². The van der Waals surface area contributed by atoms with Gasteiger partial charge in [-0.05, 0) is 12.2 Å². The minimum Gasteiger partial charge on any atom is -0.427 e. The lowest BCUT2D eigenvalue weighted by Gasteiger charge is -2.00. The van der Waals surface area contributed by atoms with E-state index in [9.17, 15) is 0 Å². The molecule has 0 rings (SSSR count). The molecule has 13 heavy (non-hydrogen) atoms. The van der Waals surface area contributed by atoms with Crippen LogP contribution in [0.15, 0.2) is 0 Å². The largest absolute Gasteiger partial charge is 0.461 e. The van der Waals surface area contributed by atoms with E-state index in [4.69, 9.17) is 10.0 Å². The van der Waals surface area contributed by atoms with Gasteiger partial charge in [0.05, 0.1) is 0 Å². The van der Waals surface area contributed by atoms with Crippen molar-refractivity contribution in [1.29, 1.82) is 0 Å². The van der Waals surface area contributed by atoms with Crippen molar-refractivity contribution in [3.05, 3.63) is 0 Å². The van der Waals surface area contributed by atoms with Crippen LogP contribution in [-0.2, 0) is 0 Å². The van der Waals surface area contributed by atoms with Gasteiger partial charge in [-0.25, -0.2) is 0 Å². The molecule has 0 aliphatic rings. The molecule has 0 aromatic rings. The molecule has 0 atom stereocenters. The zero-order valence-electron chi connectivity index (χ0n) is 8.54. The van der Waals surface area contributed by atoms with Gasteiger partial charge in [0, 0.05) is 5.65 Å². The molecule has 0 amide bonds. The van der Waals surface area contributed by atoms with Crippen LogP contribution in [0.4, 0.5) is 0 Å². The Bertz CT molecular complexity index is 102. The zero-order valence-corrected chi connectivity index (χ0v) is 9.35. The Morgan fingerprint density at radius 2 is 1.62 bits per heavy atom. The fourth-order valence-electron chi connectivity index (χ4n) is 1.17. The second-order valence-electron chi connectivity index (χ2n) is 3.32. The first-order valence-corrected chi connectivity index (χ1v) is 6.36. The summed E-state index contributed by atoms with van der Waals surface area (Å²) in [6.07, 6.45) is 7.82. The first-order chi connectivity index (χ1) is 6.27. The highest BCUT2D eigenvalue weighted by Crippen LogP contribution is 2.09. The van der Waals surface area contributed by atoms with Crippen LogP contribution in [0.1, 0.15) is 45.4 Å². The minimum atomic E-state index is -1.13. The Kier molecular flexibility index (Phi) is 10.7. The number of hydrogen-bond acceptors (Lipinski definition) is 3. The second kappa shape index (κ2) is 10.4. The van der Waals surface area contributed by atoms with Crippen molar-refractivity contribution in [2.24, 2.45) is 0 Å². The molecule has 0 aliphatic heterocycles. The molecule has 0 saturated carbocycles. The van der Waals surface area contributed by atoms with Gasteiger partial charge in [-0.1, -0.05) is 39.0 Å². The van der Waals surface area contributed by atoms with Gasteiger partial charge in [-0.15, -0.1) is 0 Å². The van der Waals surface area contributed by atoms with Crippen LogP contribution in [0.25, 0.3) is 0 Å². The average molecular weight is 204 g/mol. The van der Waals surface area contributed by atoms with Crippen LogP contribution in [0.5, 0.6) is 0 Å². The molecule has 0 bridgehead atoms. The fraction of sp³-hybridized carbons (Fsp3) is 1.00. The SMILES string of the molecule is CCCCCCCCSCB(O)O. The van der Waals surface area contributed by atoms with Crippen molar-refractivity contribution in [2.45, 2.75) is 45.4 Å². The molecule has 2 N–H and O–H groups in total. The third kappa shape index (κ3) is 12.3. The molecule has 0 saturated heterocycles. The van der Waals surface area contributed by atoms with E-state index in [1.54, 1.807) is 11.8 Å². The van der Waals surface area contributed by atoms with Gasteiger partial charge in [0.15, 0.2) is 0 Å². The van der Waals surface area contributed by atoms with E-state index in [0.717, 1.165) is 5.75 Å². The Balaban J connectivity index is 2.84. The van der Waals surface area contributed by atoms with Crippen molar-refractivity contribution in [2.75, 3.05) is 11.4 Å². The number of rotatable bonds is 9. The Labute approximate surface area is 86.3 Å². The van der Waals surface area contributed by atoms with E-state index in [1.165, 1.54) is 38.5 Å². The summed E-state index contributed by atoms with van der Waals surface area (Å²) in [6.45, 7) is 2.22. The molecule has 0 fully saturated rings. The Morgan fingerprint density at radius 1 is 1.00 bits per heavy atom. The summed E-state index contributed by atoms with van der Waals surface area (Å²) in [6, 6.07) is 0. The molecule has 78 valence electrons. The van der Waals surface area contributed by atoms with Gasteiger partial charge in [0.1, 0.15) is 0 Å². The fourth-order valence-corrected chi connectivity index (χ4v) is 1.96. The normalized spacial score (nSPS) is 10.4. The van der Waals surface area contributed by atoms with Gasteiger partial charge >= 0.3 is 7.12 Å². The lowest BCUT2D eigenvalue weighted by atomic mass is 9.98. The second-order valence-corrected chi connectivity index (χ2v) is 4.47. The Morgan fingerprint density at radius 3 is 2.23 bits per heavy atom. The van der Waals surface area contributed by atoms with E-state index in [1.807, 2.05) is 0 Å². The van der Waals surface area contributed by atoms with Crippen LogP contribution in [-0.4, -0.2) is 28.6 Å². The van der Waals surface area contributed by atoms with Crippen molar-refractivity contribution in [3.8, 4) is 0 Å². The zero-order chi connectivity index (χ0) is 9.94. The van der Waals surface area contributed by atoms with E-state index < -0.39 is 7.12 Å². The summed E-state index contributed by atoms with van der Waals surface area (Å²) in [4.78, 5) is 0. The predicted molar refractivity (Wildman–Crippen MR) is 60.9 cm³/mol. The number of hydrogen-bond donors (Lipinski definition) is 2. The van der Waals surface area contributed by atoms with E-state index in [0.29, 0.717) is 5.65 Å². The molecule has 0 spiro atoms. The molecule has 2 nitrogen and oxygen atoms in total. The number of thioether (sulfide) groups is 1. The summed E-state index contributed by atoms with van der Waals surface area (Å²) in [5.74, 6) is 1.06. The molecule has 0 aliphatic carbocycles. The molecule has 0 unspecified atom stereocenters. The van der Waals surface area contributed by atoms with Gasteiger partial charge in [0.2, 0.25) is 0 Å². The predicted octanol–water partition coefficient (Wildman–Crippen LogP) is 2.09. The van der Waals surface area contributed by atoms with E-state index in [2.05, 4.69) is 6.92 Å². The summed E-state index contributed by atoms with van der Waals surface area (Å²) < 4.78 is 0. The van der Waals surface area contributed by atoms with Crippen molar-refractivity contribution >= 4 is 18.9 Å². The van der Waals surface area contributed by atoms with Crippen LogP contribution in [0.2, 0.25) is 0 Å². The smallest absolute Gasteiger partial charge is 0.427 e. The lowest BCUT2D eigenvalue weighted by molar-refractivity contribution is 0.415. The molecular formula is C9H21BO2S. The molecule has 0 aromatic carbocycles. The maximum absolute atomic E-state index is 8.56. The van der Waals surface area contributed by atoms with Gasteiger partial charge in [-0.3, -0.25) is 0 Å². The molecule has 0 radical (unpaired) electrons. The third-order valence-corrected chi connectivity index (χ3v) is 3.02. The van der Waals surface area contributed by atoms with Crippen molar-refractivity contribution in [3.63, 3.8) is 0 Å².